The molecule has 0 aliphatic rings. The summed E-state index contributed by atoms with van der Waals surface area (Å²) in [6.45, 7) is 0. The highest BCUT2D eigenvalue weighted by Gasteiger charge is 2.07. The third kappa shape index (κ3) is 1.28. The SMILES string of the molecule is N#CCc1cc2scc(O)c2cc1O. The molecule has 0 saturated carbocycles. The zero-order valence-electron chi connectivity index (χ0n) is 7.19. The van der Waals surface area contributed by atoms with Gasteiger partial charge in [-0.25, -0.2) is 0 Å². The normalized spacial score (nSPS) is 10.2. The highest BCUT2D eigenvalue weighted by Crippen LogP contribution is 2.35. The standard InChI is InChI=1S/C10H7NO2S/c11-2-1-6-3-10-7(4-8(6)12)9(13)5-14-10/h3-5,12-13H,1H2. The van der Waals surface area contributed by atoms with Crippen molar-refractivity contribution in [2.24, 2.45) is 0 Å². The lowest BCUT2D eigenvalue weighted by atomic mass is 10.1. The number of fused-ring (bicyclic) bond motifs is 1. The largest absolute Gasteiger partial charge is 0.508 e. The molecule has 0 bridgehead atoms. The van der Waals surface area contributed by atoms with Crippen LogP contribution < -0.4 is 0 Å². The number of thiophene rings is 1. The van der Waals surface area contributed by atoms with Crippen molar-refractivity contribution in [1.29, 1.82) is 5.26 Å². The molecule has 2 aromatic rings. The lowest BCUT2D eigenvalue weighted by Gasteiger charge is -2.00. The number of phenols is 1. The summed E-state index contributed by atoms with van der Waals surface area (Å²) in [7, 11) is 0. The minimum atomic E-state index is 0.0627. The molecule has 0 atom stereocenters. The molecular weight excluding hydrogens is 198 g/mol. The Morgan fingerprint density at radius 2 is 2.07 bits per heavy atom. The highest BCUT2D eigenvalue weighted by atomic mass is 32.1. The minimum Gasteiger partial charge on any atom is -0.508 e. The molecule has 0 fully saturated rings. The third-order valence-electron chi connectivity index (χ3n) is 2.02. The van der Waals surface area contributed by atoms with E-state index >= 15 is 0 Å². The van der Waals surface area contributed by atoms with Crippen molar-refractivity contribution in [3.8, 4) is 17.6 Å². The van der Waals surface area contributed by atoms with E-state index in [9.17, 15) is 10.2 Å². The Balaban J connectivity index is 2.67. The van der Waals surface area contributed by atoms with E-state index in [2.05, 4.69) is 0 Å². The number of phenolic OH excluding ortho intramolecular Hbond substituents is 1. The first kappa shape index (κ1) is 8.85. The number of hydrogen-bond acceptors (Lipinski definition) is 4. The van der Waals surface area contributed by atoms with Gasteiger partial charge in [-0.1, -0.05) is 0 Å². The zero-order valence-corrected chi connectivity index (χ0v) is 8.01. The second-order valence-electron chi connectivity index (χ2n) is 2.93. The Hall–Kier alpha value is -1.73. The Morgan fingerprint density at radius 1 is 1.29 bits per heavy atom. The third-order valence-corrected chi connectivity index (χ3v) is 2.96. The maximum absolute atomic E-state index is 9.52. The number of rotatable bonds is 1. The quantitative estimate of drug-likeness (QED) is 0.751. The van der Waals surface area contributed by atoms with E-state index in [-0.39, 0.29) is 17.9 Å². The van der Waals surface area contributed by atoms with Gasteiger partial charge in [-0.15, -0.1) is 11.3 Å². The molecule has 0 radical (unpaired) electrons. The van der Waals surface area contributed by atoms with Gasteiger partial charge < -0.3 is 10.2 Å². The maximum atomic E-state index is 9.52. The van der Waals surface area contributed by atoms with Gasteiger partial charge in [0.1, 0.15) is 11.5 Å². The maximum Gasteiger partial charge on any atom is 0.134 e. The summed E-state index contributed by atoms with van der Waals surface area (Å²) in [5.41, 5.74) is 0.599. The van der Waals surface area contributed by atoms with E-state index in [4.69, 9.17) is 5.26 Å². The van der Waals surface area contributed by atoms with E-state index in [1.165, 1.54) is 17.4 Å². The van der Waals surface area contributed by atoms with Gasteiger partial charge in [-0.2, -0.15) is 5.26 Å². The predicted molar refractivity (Wildman–Crippen MR) is 54.5 cm³/mol. The summed E-state index contributed by atoms with van der Waals surface area (Å²) in [4.78, 5) is 0. The van der Waals surface area contributed by atoms with Crippen molar-refractivity contribution in [2.45, 2.75) is 6.42 Å². The number of nitrogens with zero attached hydrogens (tertiary/aromatic N) is 1. The molecule has 1 aromatic heterocycles. The van der Waals surface area contributed by atoms with Crippen LogP contribution in [0.25, 0.3) is 10.1 Å². The summed E-state index contributed by atoms with van der Waals surface area (Å²) in [5.74, 6) is 0.233. The first-order chi connectivity index (χ1) is 6.72. The molecule has 0 saturated heterocycles. The van der Waals surface area contributed by atoms with Crippen LogP contribution in [0.1, 0.15) is 5.56 Å². The molecule has 0 aliphatic heterocycles. The summed E-state index contributed by atoms with van der Waals surface area (Å²) >= 11 is 1.39. The average Bonchev–Trinajstić information content (AvgIpc) is 2.50. The van der Waals surface area contributed by atoms with Gasteiger partial charge in [0, 0.05) is 21.0 Å². The van der Waals surface area contributed by atoms with Crippen molar-refractivity contribution in [3.63, 3.8) is 0 Å². The van der Waals surface area contributed by atoms with Crippen LogP contribution in [-0.4, -0.2) is 10.2 Å². The van der Waals surface area contributed by atoms with Crippen LogP contribution >= 0.6 is 11.3 Å². The molecule has 70 valence electrons. The van der Waals surface area contributed by atoms with Gasteiger partial charge in [0.25, 0.3) is 0 Å². The molecular formula is C10H7NO2S. The molecule has 2 N–H and O–H groups in total. The van der Waals surface area contributed by atoms with Crippen LogP contribution in [-0.2, 0) is 6.42 Å². The Bertz CT molecular complexity index is 525. The summed E-state index contributed by atoms with van der Waals surface area (Å²) in [6, 6.07) is 5.21. The fourth-order valence-corrected chi connectivity index (χ4v) is 2.18. The van der Waals surface area contributed by atoms with Gasteiger partial charge in [-0.05, 0) is 12.1 Å². The number of aromatic hydroxyl groups is 2. The van der Waals surface area contributed by atoms with Crippen LogP contribution in [0.4, 0.5) is 0 Å². The van der Waals surface area contributed by atoms with Gasteiger partial charge in [0.05, 0.1) is 12.5 Å². The molecule has 0 spiro atoms. The molecule has 4 heteroatoms. The van der Waals surface area contributed by atoms with Gasteiger partial charge >= 0.3 is 0 Å². The smallest absolute Gasteiger partial charge is 0.134 e. The summed E-state index contributed by atoms with van der Waals surface area (Å²) < 4.78 is 0.880. The summed E-state index contributed by atoms with van der Waals surface area (Å²) in [6.07, 6.45) is 0.181. The molecule has 0 unspecified atom stereocenters. The van der Waals surface area contributed by atoms with Crippen molar-refractivity contribution in [1.82, 2.24) is 0 Å². The minimum absolute atomic E-state index is 0.0627. The van der Waals surface area contributed by atoms with E-state index in [1.807, 2.05) is 6.07 Å². The Labute approximate surface area is 84.5 Å². The zero-order chi connectivity index (χ0) is 10.1. The average molecular weight is 205 g/mol. The van der Waals surface area contributed by atoms with E-state index in [1.54, 1.807) is 11.4 Å². The Morgan fingerprint density at radius 3 is 2.79 bits per heavy atom. The molecule has 0 amide bonds. The lowest BCUT2D eigenvalue weighted by molar-refractivity contribution is 0.468. The van der Waals surface area contributed by atoms with Gasteiger partial charge in [0.2, 0.25) is 0 Å². The summed E-state index contributed by atoms with van der Waals surface area (Å²) in [5, 5.41) is 29.7. The van der Waals surface area contributed by atoms with Crippen LogP contribution in [0, 0.1) is 11.3 Å². The molecule has 0 aliphatic carbocycles. The first-order valence-electron chi connectivity index (χ1n) is 4.01. The first-order valence-corrected chi connectivity index (χ1v) is 4.89. The van der Waals surface area contributed by atoms with Crippen molar-refractivity contribution < 1.29 is 10.2 Å². The Kier molecular flexibility index (Phi) is 2.02. The lowest BCUT2D eigenvalue weighted by Crippen LogP contribution is -1.81. The van der Waals surface area contributed by atoms with E-state index < -0.39 is 0 Å². The second kappa shape index (κ2) is 3.20. The van der Waals surface area contributed by atoms with E-state index in [0.717, 1.165) is 4.70 Å². The highest BCUT2D eigenvalue weighted by molar-refractivity contribution is 7.17. The monoisotopic (exact) mass is 205 g/mol. The molecule has 1 aromatic carbocycles. The van der Waals surface area contributed by atoms with Crippen molar-refractivity contribution in [2.75, 3.05) is 0 Å². The fourth-order valence-electron chi connectivity index (χ4n) is 1.32. The van der Waals surface area contributed by atoms with Crippen LogP contribution in [0.5, 0.6) is 11.5 Å². The topological polar surface area (TPSA) is 64.2 Å². The number of hydrogen-bond donors (Lipinski definition) is 2. The molecule has 1 heterocycles. The second-order valence-corrected chi connectivity index (χ2v) is 3.84. The molecule has 2 rings (SSSR count). The predicted octanol–water partition coefficient (Wildman–Crippen LogP) is 2.38. The van der Waals surface area contributed by atoms with Crippen molar-refractivity contribution >= 4 is 21.4 Å². The number of benzene rings is 1. The van der Waals surface area contributed by atoms with Crippen LogP contribution in [0.2, 0.25) is 0 Å². The number of nitriles is 1. The van der Waals surface area contributed by atoms with Gasteiger partial charge in [0.15, 0.2) is 0 Å². The van der Waals surface area contributed by atoms with Crippen LogP contribution in [0.3, 0.4) is 0 Å². The molecule has 3 nitrogen and oxygen atoms in total. The molecule has 14 heavy (non-hydrogen) atoms. The van der Waals surface area contributed by atoms with E-state index in [0.29, 0.717) is 10.9 Å². The van der Waals surface area contributed by atoms with Crippen molar-refractivity contribution in [3.05, 3.63) is 23.1 Å². The fraction of sp³-hybridized carbons (Fsp3) is 0.100. The van der Waals surface area contributed by atoms with Crippen LogP contribution in [0.15, 0.2) is 17.5 Å². The van der Waals surface area contributed by atoms with Gasteiger partial charge in [-0.3, -0.25) is 0 Å².